The van der Waals surface area contributed by atoms with Gasteiger partial charge in [0, 0.05) is 24.7 Å². The second-order valence-corrected chi connectivity index (χ2v) is 9.42. The third-order valence-corrected chi connectivity index (χ3v) is 6.28. The molecule has 5 unspecified atom stereocenters. The Morgan fingerprint density at radius 3 is 2.25 bits per heavy atom. The summed E-state index contributed by atoms with van der Waals surface area (Å²) in [6.07, 6.45) is 5.02. The number of aliphatic carboxylic acids is 2. The molecule has 36 heavy (non-hydrogen) atoms. The lowest BCUT2D eigenvalue weighted by molar-refractivity contribution is -0.142. The quantitative estimate of drug-likeness (QED) is 0.137. The third-order valence-electron chi connectivity index (χ3n) is 5.64. The normalized spacial score (nSPS) is 15.1. The maximum atomic E-state index is 13.1. The lowest BCUT2D eigenvalue weighted by Crippen LogP contribution is -2.58. The summed E-state index contributed by atoms with van der Waals surface area (Å²) < 4.78 is 0. The van der Waals surface area contributed by atoms with E-state index in [1.54, 1.807) is 6.92 Å². The van der Waals surface area contributed by atoms with Crippen LogP contribution in [0, 0.1) is 5.92 Å². The van der Waals surface area contributed by atoms with Gasteiger partial charge in [-0.3, -0.25) is 19.2 Å². The first kappa shape index (κ1) is 30.9. The second kappa shape index (κ2) is 15.8. The average molecular weight is 529 g/mol. The van der Waals surface area contributed by atoms with E-state index in [4.69, 9.17) is 10.8 Å². The molecule has 1 heterocycles. The Kier molecular flexibility index (Phi) is 13.5. The molecule has 0 fully saturated rings. The van der Waals surface area contributed by atoms with Gasteiger partial charge in [0.2, 0.25) is 17.7 Å². The number of hydrogen-bond donors (Lipinski definition) is 7. The molecule has 1 aromatic rings. The van der Waals surface area contributed by atoms with Crippen molar-refractivity contribution in [2.24, 2.45) is 11.7 Å². The molecule has 0 aliphatic rings. The highest BCUT2D eigenvalue weighted by Crippen LogP contribution is 2.11. The minimum absolute atomic E-state index is 0.0238. The number of nitrogens with one attached hydrogen (secondary N) is 4. The summed E-state index contributed by atoms with van der Waals surface area (Å²) >= 11 is 1.45. The van der Waals surface area contributed by atoms with Crippen molar-refractivity contribution in [2.45, 2.75) is 70.1 Å². The molecule has 202 valence electrons. The number of carboxylic acid groups (broad SMARTS) is 2. The van der Waals surface area contributed by atoms with Crippen molar-refractivity contribution in [3.8, 4) is 0 Å². The van der Waals surface area contributed by atoms with Gasteiger partial charge >= 0.3 is 11.9 Å². The largest absolute Gasteiger partial charge is 0.481 e. The van der Waals surface area contributed by atoms with E-state index < -0.39 is 53.8 Å². The number of imidazole rings is 1. The van der Waals surface area contributed by atoms with E-state index >= 15 is 0 Å². The molecule has 13 nitrogen and oxygen atoms in total. The van der Waals surface area contributed by atoms with Crippen LogP contribution in [0.3, 0.4) is 0 Å². The number of amides is 3. The fourth-order valence-electron chi connectivity index (χ4n) is 3.23. The smallest absolute Gasteiger partial charge is 0.326 e. The van der Waals surface area contributed by atoms with E-state index in [9.17, 15) is 29.1 Å². The van der Waals surface area contributed by atoms with Crippen LogP contribution < -0.4 is 21.7 Å². The van der Waals surface area contributed by atoms with Crippen molar-refractivity contribution in [1.29, 1.82) is 0 Å². The molecule has 1 aromatic heterocycles. The summed E-state index contributed by atoms with van der Waals surface area (Å²) in [6.45, 7) is 3.57. The van der Waals surface area contributed by atoms with Gasteiger partial charge < -0.3 is 36.9 Å². The van der Waals surface area contributed by atoms with Crippen molar-refractivity contribution in [1.82, 2.24) is 25.9 Å². The number of carbonyl (C=O) groups is 5. The number of H-pyrrole nitrogens is 1. The van der Waals surface area contributed by atoms with Crippen LogP contribution in [0.2, 0.25) is 0 Å². The number of aromatic amines is 1. The Labute approximate surface area is 213 Å². The van der Waals surface area contributed by atoms with E-state index in [1.807, 2.05) is 13.2 Å². The van der Waals surface area contributed by atoms with Crippen molar-refractivity contribution < 1.29 is 34.2 Å². The van der Waals surface area contributed by atoms with Crippen LogP contribution in [0.4, 0.5) is 0 Å². The van der Waals surface area contributed by atoms with Gasteiger partial charge in [0.05, 0.1) is 12.4 Å². The molecule has 0 aliphatic carbocycles. The molecule has 1 rings (SSSR count). The molecule has 0 saturated carbocycles. The summed E-state index contributed by atoms with van der Waals surface area (Å²) in [6, 6.07) is -4.43. The fraction of sp³-hybridized carbons (Fsp3) is 0.636. The molecule has 3 amide bonds. The maximum absolute atomic E-state index is 13.1. The Bertz CT molecular complexity index is 882. The van der Waals surface area contributed by atoms with Crippen LogP contribution in [0.5, 0.6) is 0 Å². The molecule has 0 saturated heterocycles. The van der Waals surface area contributed by atoms with E-state index in [0.717, 1.165) is 0 Å². The van der Waals surface area contributed by atoms with Gasteiger partial charge in [0.1, 0.15) is 18.1 Å². The van der Waals surface area contributed by atoms with E-state index in [1.165, 1.54) is 24.3 Å². The molecule has 0 radical (unpaired) electrons. The summed E-state index contributed by atoms with van der Waals surface area (Å²) in [5.74, 6) is -4.11. The standard InChI is InChI=1S/C22H36N6O7S/c1-4-12(2)18(28-19(31)14(23)5-6-17(29)30)21(33)26-15(7-8-36-3)20(32)27-16(22(34)35)9-13-10-24-11-25-13/h10-12,14-16,18H,4-9,23H2,1-3H3,(H,24,25)(H,26,33)(H,27,32)(H,28,31)(H,29,30)(H,34,35). The zero-order valence-corrected chi connectivity index (χ0v) is 21.5. The van der Waals surface area contributed by atoms with Gasteiger partial charge in [-0.15, -0.1) is 0 Å². The number of nitrogens with zero attached hydrogens (tertiary/aromatic N) is 1. The number of rotatable bonds is 17. The molecule has 8 N–H and O–H groups in total. The Morgan fingerprint density at radius 1 is 1.06 bits per heavy atom. The van der Waals surface area contributed by atoms with Gasteiger partial charge in [-0.1, -0.05) is 20.3 Å². The number of carbonyl (C=O) groups excluding carboxylic acids is 3. The monoisotopic (exact) mass is 528 g/mol. The van der Waals surface area contributed by atoms with Crippen molar-refractivity contribution in [2.75, 3.05) is 12.0 Å². The first-order chi connectivity index (χ1) is 17.0. The molecule has 0 aliphatic heterocycles. The number of hydrogen-bond acceptors (Lipinski definition) is 8. The van der Waals surface area contributed by atoms with E-state index in [0.29, 0.717) is 17.9 Å². The number of nitrogens with two attached hydrogens (primary N) is 1. The number of carboxylic acids is 2. The van der Waals surface area contributed by atoms with Gasteiger partial charge in [0.15, 0.2) is 0 Å². The van der Waals surface area contributed by atoms with Crippen LogP contribution in [-0.2, 0) is 30.4 Å². The zero-order chi connectivity index (χ0) is 27.3. The summed E-state index contributed by atoms with van der Waals surface area (Å²) in [4.78, 5) is 67.7. The second-order valence-electron chi connectivity index (χ2n) is 8.43. The van der Waals surface area contributed by atoms with E-state index in [-0.39, 0.29) is 31.6 Å². The van der Waals surface area contributed by atoms with Crippen LogP contribution in [0.1, 0.15) is 45.2 Å². The minimum atomic E-state index is -1.25. The van der Waals surface area contributed by atoms with Gasteiger partial charge in [-0.2, -0.15) is 11.8 Å². The van der Waals surface area contributed by atoms with Crippen molar-refractivity contribution in [3.05, 3.63) is 18.2 Å². The summed E-state index contributed by atoms with van der Waals surface area (Å²) in [5.41, 5.74) is 6.29. The topological polar surface area (TPSA) is 217 Å². The van der Waals surface area contributed by atoms with E-state index in [2.05, 4.69) is 25.9 Å². The summed E-state index contributed by atoms with van der Waals surface area (Å²) in [5, 5.41) is 26.0. The highest BCUT2D eigenvalue weighted by Gasteiger charge is 2.32. The molecule has 0 aromatic carbocycles. The van der Waals surface area contributed by atoms with Crippen LogP contribution in [-0.4, -0.2) is 86.0 Å². The molecule has 5 atom stereocenters. The first-order valence-corrected chi connectivity index (χ1v) is 13.0. The van der Waals surface area contributed by atoms with Gasteiger partial charge in [0.25, 0.3) is 0 Å². The molecular formula is C22H36N6O7S. The highest BCUT2D eigenvalue weighted by atomic mass is 32.2. The maximum Gasteiger partial charge on any atom is 0.326 e. The van der Waals surface area contributed by atoms with Crippen LogP contribution >= 0.6 is 11.8 Å². The number of aromatic nitrogens is 2. The predicted octanol–water partition coefficient (Wildman–Crippen LogP) is -0.517. The Morgan fingerprint density at radius 2 is 1.72 bits per heavy atom. The lowest BCUT2D eigenvalue weighted by Gasteiger charge is -2.28. The van der Waals surface area contributed by atoms with Crippen molar-refractivity contribution in [3.63, 3.8) is 0 Å². The van der Waals surface area contributed by atoms with Crippen molar-refractivity contribution >= 4 is 41.4 Å². The SMILES string of the molecule is CCC(C)C(NC(=O)C(N)CCC(=O)O)C(=O)NC(CCSC)C(=O)NC(Cc1cnc[nH]1)C(=O)O. The van der Waals surface area contributed by atoms with Gasteiger partial charge in [-0.25, -0.2) is 9.78 Å². The minimum Gasteiger partial charge on any atom is -0.481 e. The summed E-state index contributed by atoms with van der Waals surface area (Å²) in [7, 11) is 0. The molecule has 14 heteroatoms. The number of thioether (sulfide) groups is 1. The zero-order valence-electron chi connectivity index (χ0n) is 20.7. The molecular weight excluding hydrogens is 492 g/mol. The van der Waals surface area contributed by atoms with Gasteiger partial charge in [-0.05, 0) is 30.8 Å². The highest BCUT2D eigenvalue weighted by molar-refractivity contribution is 7.98. The predicted molar refractivity (Wildman–Crippen MR) is 133 cm³/mol. The Hall–Kier alpha value is -3.13. The Balaban J connectivity index is 2.96. The third kappa shape index (κ3) is 10.6. The van der Waals surface area contributed by atoms with Crippen LogP contribution in [0.15, 0.2) is 12.5 Å². The average Bonchev–Trinajstić information content (AvgIpc) is 3.35. The lowest BCUT2D eigenvalue weighted by atomic mass is 9.97. The van der Waals surface area contributed by atoms with Crippen LogP contribution in [0.25, 0.3) is 0 Å². The first-order valence-electron chi connectivity index (χ1n) is 11.6. The fourth-order valence-corrected chi connectivity index (χ4v) is 3.70. The molecule has 0 spiro atoms. The molecule has 0 bridgehead atoms.